The van der Waals surface area contributed by atoms with Gasteiger partial charge in [0.15, 0.2) is 12.0 Å². The summed E-state index contributed by atoms with van der Waals surface area (Å²) in [7, 11) is -19.3. The van der Waals surface area contributed by atoms with Gasteiger partial charge in [-0.3, -0.25) is 13.7 Å². The van der Waals surface area contributed by atoms with Crippen LogP contribution in [-0.2, 0) is 45.4 Å². The number of aromatic nitrogens is 2. The molecule has 0 aliphatic carbocycles. The molecule has 19 nitrogen and oxygen atoms in total. The molecule has 1 aromatic heterocycles. The number of methoxy groups -OCH3 is 1. The van der Waals surface area contributed by atoms with Crippen molar-refractivity contribution in [1.29, 1.82) is 0 Å². The average Bonchev–Trinajstić information content (AvgIpc) is 3.28. The van der Waals surface area contributed by atoms with E-state index in [2.05, 4.69) is 23.1 Å². The van der Waals surface area contributed by atoms with E-state index in [0.29, 0.717) is 24.2 Å². The molecule has 0 radical (unpaired) electrons. The van der Waals surface area contributed by atoms with Crippen molar-refractivity contribution in [2.75, 3.05) is 13.7 Å². The van der Waals surface area contributed by atoms with Gasteiger partial charge in [0.2, 0.25) is 0 Å². The predicted molar refractivity (Wildman–Crippen MR) is 127 cm³/mol. The van der Waals surface area contributed by atoms with Gasteiger partial charge in [-0.25, -0.2) is 23.7 Å². The van der Waals surface area contributed by atoms with Crippen LogP contribution >= 0.6 is 31.7 Å². The van der Waals surface area contributed by atoms with E-state index in [0.717, 1.165) is 5.57 Å². The maximum Gasteiger partial charge on any atom is 0.490 e. The first-order valence-corrected chi connectivity index (χ1v) is 16.3. The van der Waals surface area contributed by atoms with E-state index in [1.807, 2.05) is 6.92 Å². The Morgan fingerprint density at radius 2 is 1.87 bits per heavy atom. The Hall–Kier alpha value is -1.10. The summed E-state index contributed by atoms with van der Waals surface area (Å²) in [5.74, 6) is 0.266. The Kier molecular flexibility index (Phi) is 10.1. The first-order valence-electron chi connectivity index (χ1n) is 10.5. The summed E-state index contributed by atoms with van der Waals surface area (Å²) >= 11 is 0. The van der Waals surface area contributed by atoms with Crippen LogP contribution in [0.2, 0.25) is 0 Å². The van der Waals surface area contributed by atoms with Crippen LogP contribution in [0.25, 0.3) is 5.70 Å². The topological polar surface area (TPSA) is 281 Å². The third-order valence-electron chi connectivity index (χ3n) is 5.27. The molecule has 3 heterocycles. The number of allylic oxidation sites excluding steroid dienone is 1. The maximum absolute atomic E-state index is 12.1. The zero-order valence-electron chi connectivity index (χ0n) is 19.7. The molecule has 0 aromatic carbocycles. The van der Waals surface area contributed by atoms with Gasteiger partial charge in [-0.2, -0.15) is 8.62 Å². The van der Waals surface area contributed by atoms with E-state index in [1.165, 1.54) is 18.0 Å². The summed E-state index contributed by atoms with van der Waals surface area (Å²) in [5.41, 5.74) is 7.89. The molecule has 1 saturated heterocycles. The predicted octanol–water partition coefficient (Wildman–Crippen LogP) is 1.09. The number of nitrogens with two attached hydrogens (primary N) is 1. The SMILES string of the molecule is CCC1=C(N)c2ncn([C@@H]3O[C@H](COP(=O)(O)OP(=O)(O)OP(=O)(O)O)[C@@H](O[PH](=O)O)[C@H]3OC)c2N=CC1. The zero-order valence-corrected chi connectivity index (χ0v) is 23.3. The van der Waals surface area contributed by atoms with Gasteiger partial charge in [-0.1, -0.05) is 6.92 Å². The lowest BCUT2D eigenvalue weighted by Gasteiger charge is -2.23. The Labute approximate surface area is 215 Å². The molecule has 23 heteroatoms. The zero-order chi connectivity index (χ0) is 28.5. The molecule has 7 N–H and O–H groups in total. The fourth-order valence-corrected chi connectivity index (χ4v) is 7.31. The van der Waals surface area contributed by atoms with E-state index < -0.39 is 62.9 Å². The number of imidazole rings is 1. The molecule has 38 heavy (non-hydrogen) atoms. The number of hydrogen-bond acceptors (Lipinski definition) is 13. The van der Waals surface area contributed by atoms with Crippen LogP contribution in [0.1, 0.15) is 31.7 Å². The molecule has 0 saturated carbocycles. The van der Waals surface area contributed by atoms with Gasteiger partial charge in [0, 0.05) is 19.7 Å². The van der Waals surface area contributed by atoms with E-state index in [1.54, 1.807) is 6.21 Å². The second kappa shape index (κ2) is 12.2. The molecule has 0 bridgehead atoms. The van der Waals surface area contributed by atoms with Crippen LogP contribution in [0.5, 0.6) is 0 Å². The fraction of sp³-hybridized carbons (Fsp3) is 0.600. The molecule has 216 valence electrons. The van der Waals surface area contributed by atoms with Crippen molar-refractivity contribution >= 4 is 49.5 Å². The second-order valence-corrected chi connectivity index (χ2v) is 12.9. The highest BCUT2D eigenvalue weighted by Crippen LogP contribution is 2.66. The third-order valence-corrected chi connectivity index (χ3v) is 9.54. The lowest BCUT2D eigenvalue weighted by Crippen LogP contribution is -2.36. The number of phosphoric acid groups is 3. The fourth-order valence-electron chi connectivity index (χ4n) is 3.76. The summed E-state index contributed by atoms with van der Waals surface area (Å²) in [6.45, 7) is 0.961. The smallest absolute Gasteiger partial charge is 0.397 e. The van der Waals surface area contributed by atoms with Crippen molar-refractivity contribution < 1.29 is 69.9 Å². The Morgan fingerprint density at radius 3 is 2.45 bits per heavy atom. The number of fused-ring (bicyclic) bond motifs is 1. The van der Waals surface area contributed by atoms with Crippen LogP contribution in [0.15, 0.2) is 16.9 Å². The lowest BCUT2D eigenvalue weighted by atomic mass is 10.1. The van der Waals surface area contributed by atoms with Gasteiger partial charge in [-0.05, 0) is 12.0 Å². The number of ether oxygens (including phenoxy) is 2. The van der Waals surface area contributed by atoms with Crippen molar-refractivity contribution in [2.24, 2.45) is 10.7 Å². The van der Waals surface area contributed by atoms with Gasteiger partial charge in [0.05, 0.1) is 18.6 Å². The maximum atomic E-state index is 12.1. The van der Waals surface area contributed by atoms with Gasteiger partial charge < -0.3 is 44.2 Å². The summed E-state index contributed by atoms with van der Waals surface area (Å²) in [5, 5.41) is 0. The number of hydrogen-bond donors (Lipinski definition) is 6. The molecule has 0 amide bonds. The highest BCUT2D eigenvalue weighted by Gasteiger charge is 2.50. The summed E-state index contributed by atoms with van der Waals surface area (Å²) in [4.78, 5) is 54.4. The molecule has 2 aliphatic rings. The number of aliphatic imine (C=N–C) groups is 1. The molecule has 0 spiro atoms. The largest absolute Gasteiger partial charge is 0.490 e. The number of nitrogens with zero attached hydrogens (tertiary/aromatic N) is 3. The average molecular weight is 626 g/mol. The number of phosphoric ester groups is 1. The highest BCUT2D eigenvalue weighted by molar-refractivity contribution is 7.66. The highest BCUT2D eigenvalue weighted by atomic mass is 31.3. The molecule has 2 aliphatic heterocycles. The molecule has 7 atom stereocenters. The van der Waals surface area contributed by atoms with Crippen LogP contribution in [0.4, 0.5) is 5.82 Å². The van der Waals surface area contributed by atoms with E-state index in [4.69, 9.17) is 29.5 Å². The monoisotopic (exact) mass is 626 g/mol. The van der Waals surface area contributed by atoms with Crippen LogP contribution in [0, 0.1) is 0 Å². The molecule has 3 unspecified atom stereocenters. The molecular weight excluding hydrogens is 600 g/mol. The third kappa shape index (κ3) is 7.76. The van der Waals surface area contributed by atoms with Gasteiger partial charge >= 0.3 is 31.7 Å². The summed E-state index contributed by atoms with van der Waals surface area (Å²) < 4.78 is 75.7. The van der Waals surface area contributed by atoms with Crippen molar-refractivity contribution in [2.45, 2.75) is 44.3 Å². The Bertz CT molecular complexity index is 1260. The second-order valence-electron chi connectivity index (χ2n) is 7.71. The van der Waals surface area contributed by atoms with Crippen LogP contribution < -0.4 is 5.73 Å². The molecule has 1 aromatic rings. The van der Waals surface area contributed by atoms with Gasteiger partial charge in [0.1, 0.15) is 24.0 Å². The van der Waals surface area contributed by atoms with Crippen molar-refractivity contribution in [3.8, 4) is 0 Å². The molecular formula is C15H26N4O15P4. The van der Waals surface area contributed by atoms with E-state index in [-0.39, 0.29) is 5.82 Å². The summed E-state index contributed by atoms with van der Waals surface area (Å²) in [6.07, 6.45) is -1.06. The first-order chi connectivity index (χ1) is 17.6. The Balaban J connectivity index is 1.86. The number of rotatable bonds is 12. The molecule has 3 rings (SSSR count). The standard InChI is InChI=1S/C15H26N4O15P4/c1-3-8-4-5-17-14-11(10(8)16)18-7-19(14)15-13(29-2)12(32-35(20)21)9(31-15)6-30-37(25,26)34-38(27,28)33-36(22,23)24/h5,7,9,12-13,15,35H,3-4,6,16H2,1-2H3,(H,20,21)(H,25,26)(H,27,28)(H2,22,23,24)/t9-,12-,13-,15-/m1/s1. The van der Waals surface area contributed by atoms with Crippen molar-refractivity contribution in [3.05, 3.63) is 17.6 Å². The van der Waals surface area contributed by atoms with Crippen LogP contribution in [0.3, 0.4) is 0 Å². The summed E-state index contributed by atoms with van der Waals surface area (Å²) in [6, 6.07) is 0. The van der Waals surface area contributed by atoms with Crippen molar-refractivity contribution in [3.63, 3.8) is 0 Å². The minimum Gasteiger partial charge on any atom is -0.397 e. The quantitative estimate of drug-likeness (QED) is 0.177. The Morgan fingerprint density at radius 1 is 1.18 bits per heavy atom. The minimum atomic E-state index is -5.76. The lowest BCUT2D eigenvalue weighted by molar-refractivity contribution is -0.0587. The van der Waals surface area contributed by atoms with Crippen molar-refractivity contribution in [1.82, 2.24) is 9.55 Å². The van der Waals surface area contributed by atoms with E-state index >= 15 is 0 Å². The van der Waals surface area contributed by atoms with Gasteiger partial charge in [-0.15, -0.1) is 0 Å². The van der Waals surface area contributed by atoms with Crippen LogP contribution in [-0.4, -0.2) is 72.3 Å². The molecule has 1 fully saturated rings. The first kappa shape index (κ1) is 31.4. The normalized spacial score (nSPS) is 28.0. The minimum absolute atomic E-state index is 0.266. The van der Waals surface area contributed by atoms with E-state index in [9.17, 15) is 32.9 Å². The van der Waals surface area contributed by atoms with Gasteiger partial charge in [0.25, 0.3) is 0 Å².